The van der Waals surface area contributed by atoms with E-state index in [1.54, 1.807) is 0 Å². The van der Waals surface area contributed by atoms with Crippen molar-refractivity contribution in [2.45, 2.75) is 51.6 Å². The molecule has 2 nitrogen and oxygen atoms in total. The topological polar surface area (TPSA) is 24.9 Å². The molecule has 2 rings (SSSR count). The molecule has 1 fully saturated rings. The molecule has 1 N–H and O–H groups in total. The molecule has 0 saturated heterocycles. The molecule has 1 saturated carbocycles. The van der Waals surface area contributed by atoms with Gasteiger partial charge in [-0.1, -0.05) is 19.8 Å². The van der Waals surface area contributed by atoms with E-state index in [0.717, 1.165) is 5.92 Å². The summed E-state index contributed by atoms with van der Waals surface area (Å²) in [5.41, 5.74) is 1.34. The van der Waals surface area contributed by atoms with Gasteiger partial charge in [0.25, 0.3) is 0 Å². The van der Waals surface area contributed by atoms with Gasteiger partial charge >= 0.3 is 0 Å². The van der Waals surface area contributed by atoms with Gasteiger partial charge in [0.15, 0.2) is 0 Å². The Hall–Kier alpha value is -0.890. The third kappa shape index (κ3) is 3.05. The molecule has 3 atom stereocenters. The highest BCUT2D eigenvalue weighted by molar-refractivity contribution is 5.14. The first kappa shape index (κ1) is 11.6. The molecule has 0 amide bonds. The Morgan fingerprint density at radius 2 is 2.06 bits per heavy atom. The summed E-state index contributed by atoms with van der Waals surface area (Å²) in [6, 6.07) is 5.35. The van der Waals surface area contributed by atoms with E-state index in [-0.39, 0.29) is 0 Å². The van der Waals surface area contributed by atoms with Crippen LogP contribution in [0.1, 0.15) is 51.1 Å². The number of aromatic nitrogens is 1. The Bertz CT molecular complexity index is 310. The van der Waals surface area contributed by atoms with E-state index in [4.69, 9.17) is 0 Å². The Morgan fingerprint density at radius 3 is 2.75 bits per heavy atom. The molecule has 0 bridgehead atoms. The van der Waals surface area contributed by atoms with Crippen molar-refractivity contribution in [1.82, 2.24) is 10.3 Å². The van der Waals surface area contributed by atoms with Crippen molar-refractivity contribution in [2.24, 2.45) is 5.92 Å². The lowest BCUT2D eigenvalue weighted by Crippen LogP contribution is -2.35. The molecule has 88 valence electrons. The molecule has 1 aromatic heterocycles. The van der Waals surface area contributed by atoms with Crippen LogP contribution < -0.4 is 5.32 Å². The number of nitrogens with one attached hydrogen (secondary N) is 1. The third-order valence-electron chi connectivity index (χ3n) is 3.63. The maximum absolute atomic E-state index is 4.06. The molecule has 1 aliphatic carbocycles. The molecular formula is C14H22N2. The van der Waals surface area contributed by atoms with Crippen LogP contribution in [0.15, 0.2) is 24.5 Å². The van der Waals surface area contributed by atoms with Gasteiger partial charge in [0.1, 0.15) is 0 Å². The van der Waals surface area contributed by atoms with Crippen LogP contribution in [-0.2, 0) is 0 Å². The number of hydrogen-bond donors (Lipinski definition) is 1. The normalized spacial score (nSPS) is 27.6. The third-order valence-corrected chi connectivity index (χ3v) is 3.63. The van der Waals surface area contributed by atoms with Crippen molar-refractivity contribution >= 4 is 0 Å². The Kier molecular flexibility index (Phi) is 3.94. The highest BCUT2D eigenvalue weighted by Crippen LogP contribution is 2.25. The number of hydrogen-bond acceptors (Lipinski definition) is 2. The molecular weight excluding hydrogens is 196 g/mol. The lowest BCUT2D eigenvalue weighted by Gasteiger charge is -2.30. The van der Waals surface area contributed by atoms with E-state index in [1.165, 1.54) is 31.2 Å². The summed E-state index contributed by atoms with van der Waals surface area (Å²) in [7, 11) is 0. The Morgan fingerprint density at radius 1 is 1.31 bits per heavy atom. The number of pyridine rings is 1. The second-order valence-corrected chi connectivity index (χ2v) is 5.14. The Balaban J connectivity index is 1.89. The highest BCUT2D eigenvalue weighted by atomic mass is 14.9. The van der Waals surface area contributed by atoms with Gasteiger partial charge in [-0.05, 0) is 43.4 Å². The van der Waals surface area contributed by atoms with E-state index < -0.39 is 0 Å². The summed E-state index contributed by atoms with van der Waals surface area (Å²) in [6.45, 7) is 4.61. The van der Waals surface area contributed by atoms with Crippen molar-refractivity contribution < 1.29 is 0 Å². The van der Waals surface area contributed by atoms with Gasteiger partial charge < -0.3 is 5.32 Å². The first-order valence-electron chi connectivity index (χ1n) is 6.41. The molecule has 2 heteroatoms. The van der Waals surface area contributed by atoms with Gasteiger partial charge in [0.05, 0.1) is 0 Å². The van der Waals surface area contributed by atoms with Crippen LogP contribution in [0.2, 0.25) is 0 Å². The van der Waals surface area contributed by atoms with E-state index in [2.05, 4.69) is 36.3 Å². The quantitative estimate of drug-likeness (QED) is 0.842. The predicted molar refractivity (Wildman–Crippen MR) is 67.2 cm³/mol. The average Bonchev–Trinajstić information content (AvgIpc) is 2.30. The highest BCUT2D eigenvalue weighted by Gasteiger charge is 2.20. The second-order valence-electron chi connectivity index (χ2n) is 5.14. The predicted octanol–water partition coefficient (Wildman–Crippen LogP) is 3.31. The molecule has 0 aliphatic heterocycles. The first-order valence-corrected chi connectivity index (χ1v) is 6.41. The fourth-order valence-corrected chi connectivity index (χ4v) is 2.69. The van der Waals surface area contributed by atoms with Crippen molar-refractivity contribution in [3.05, 3.63) is 30.1 Å². The van der Waals surface area contributed by atoms with Gasteiger partial charge in [-0.2, -0.15) is 0 Å². The summed E-state index contributed by atoms with van der Waals surface area (Å²) >= 11 is 0. The van der Waals surface area contributed by atoms with E-state index in [0.29, 0.717) is 12.1 Å². The average molecular weight is 218 g/mol. The van der Waals surface area contributed by atoms with Crippen LogP contribution in [0.3, 0.4) is 0 Å². The van der Waals surface area contributed by atoms with Crippen LogP contribution in [0, 0.1) is 5.92 Å². The van der Waals surface area contributed by atoms with Gasteiger partial charge in [0.2, 0.25) is 0 Å². The minimum Gasteiger partial charge on any atom is -0.307 e. The minimum atomic E-state index is 0.443. The first-order chi connectivity index (χ1) is 7.75. The fraction of sp³-hybridized carbons (Fsp3) is 0.643. The molecule has 1 aromatic rings. The monoisotopic (exact) mass is 218 g/mol. The van der Waals surface area contributed by atoms with E-state index in [1.807, 2.05) is 12.4 Å². The number of nitrogens with zero attached hydrogens (tertiary/aromatic N) is 1. The molecule has 2 unspecified atom stereocenters. The van der Waals surface area contributed by atoms with E-state index >= 15 is 0 Å². The van der Waals surface area contributed by atoms with Gasteiger partial charge in [0, 0.05) is 24.5 Å². The lowest BCUT2D eigenvalue weighted by molar-refractivity contribution is 0.285. The van der Waals surface area contributed by atoms with E-state index in [9.17, 15) is 0 Å². The summed E-state index contributed by atoms with van der Waals surface area (Å²) in [4.78, 5) is 4.06. The Labute approximate surface area is 98.5 Å². The lowest BCUT2D eigenvalue weighted by atomic mass is 9.86. The van der Waals surface area contributed by atoms with Crippen LogP contribution in [-0.4, -0.2) is 11.0 Å². The van der Waals surface area contributed by atoms with Crippen molar-refractivity contribution in [2.75, 3.05) is 0 Å². The maximum Gasteiger partial charge on any atom is 0.0295 e. The maximum atomic E-state index is 4.06. The van der Waals surface area contributed by atoms with Crippen LogP contribution >= 0.6 is 0 Å². The standard InChI is InChI=1S/C14H22N2/c1-11-4-3-5-14(10-11)16-12(2)13-6-8-15-9-7-13/h6-9,11-12,14,16H,3-5,10H2,1-2H3/t11?,12-,14?/m0/s1. The summed E-state index contributed by atoms with van der Waals surface area (Å²) in [6.07, 6.45) is 9.19. The molecule has 1 heterocycles. The molecule has 16 heavy (non-hydrogen) atoms. The fourth-order valence-electron chi connectivity index (χ4n) is 2.69. The van der Waals surface area contributed by atoms with Crippen molar-refractivity contribution in [3.8, 4) is 0 Å². The second kappa shape index (κ2) is 5.44. The van der Waals surface area contributed by atoms with Crippen molar-refractivity contribution in [3.63, 3.8) is 0 Å². The summed E-state index contributed by atoms with van der Waals surface area (Å²) < 4.78 is 0. The van der Waals surface area contributed by atoms with Crippen LogP contribution in [0.5, 0.6) is 0 Å². The SMILES string of the molecule is CC1CCCC(N[C@@H](C)c2ccncc2)C1. The summed E-state index contributed by atoms with van der Waals surface area (Å²) in [5, 5.41) is 3.74. The molecule has 0 spiro atoms. The van der Waals surface area contributed by atoms with Crippen LogP contribution in [0.4, 0.5) is 0 Å². The zero-order valence-electron chi connectivity index (χ0n) is 10.3. The number of rotatable bonds is 3. The zero-order valence-corrected chi connectivity index (χ0v) is 10.3. The zero-order chi connectivity index (χ0) is 11.4. The van der Waals surface area contributed by atoms with Gasteiger partial charge in [-0.3, -0.25) is 4.98 Å². The molecule has 0 radical (unpaired) electrons. The largest absolute Gasteiger partial charge is 0.307 e. The van der Waals surface area contributed by atoms with Crippen molar-refractivity contribution in [1.29, 1.82) is 0 Å². The smallest absolute Gasteiger partial charge is 0.0295 e. The minimum absolute atomic E-state index is 0.443. The summed E-state index contributed by atoms with van der Waals surface area (Å²) in [5.74, 6) is 0.885. The van der Waals surface area contributed by atoms with Gasteiger partial charge in [-0.25, -0.2) is 0 Å². The van der Waals surface area contributed by atoms with Gasteiger partial charge in [-0.15, -0.1) is 0 Å². The molecule has 0 aromatic carbocycles. The van der Waals surface area contributed by atoms with Crippen LogP contribution in [0.25, 0.3) is 0 Å². The molecule has 1 aliphatic rings.